The number of piperazine rings is 1. The van der Waals surface area contributed by atoms with Gasteiger partial charge in [0.2, 0.25) is 5.88 Å². The molecular formula is C32H30F4N6O3. The van der Waals surface area contributed by atoms with Gasteiger partial charge in [0.05, 0.1) is 11.6 Å². The second-order valence-corrected chi connectivity index (χ2v) is 13.0. The fourth-order valence-electron chi connectivity index (χ4n) is 8.38. The Kier molecular flexibility index (Phi) is 5.93. The molecule has 9 rings (SSSR count). The number of hydrogen-bond donors (Lipinski definition) is 2. The van der Waals surface area contributed by atoms with Crippen LogP contribution < -0.4 is 19.7 Å². The Balaban J connectivity index is 1.24. The highest BCUT2D eigenvalue weighted by Gasteiger charge is 2.50. The van der Waals surface area contributed by atoms with Gasteiger partial charge in [0.25, 0.3) is 0 Å². The van der Waals surface area contributed by atoms with Crippen LogP contribution in [0, 0.1) is 17.5 Å². The largest absolute Gasteiger partial charge is 0.508 e. The minimum atomic E-state index is -1.19. The van der Waals surface area contributed by atoms with Crippen molar-refractivity contribution in [3.63, 3.8) is 0 Å². The molecule has 7 heterocycles. The van der Waals surface area contributed by atoms with E-state index < -0.39 is 29.2 Å². The number of rotatable bonds is 4. The number of halogens is 4. The van der Waals surface area contributed by atoms with Crippen molar-refractivity contribution in [2.75, 3.05) is 37.7 Å². The van der Waals surface area contributed by atoms with Crippen LogP contribution in [-0.4, -0.2) is 87.6 Å². The van der Waals surface area contributed by atoms with Gasteiger partial charge in [0, 0.05) is 42.5 Å². The maximum Gasteiger partial charge on any atom is 0.319 e. The third kappa shape index (κ3) is 4.09. The number of pyridine rings is 1. The molecule has 45 heavy (non-hydrogen) atoms. The topological polar surface area (TPSA) is 95.9 Å². The molecule has 2 bridgehead atoms. The first-order valence-electron chi connectivity index (χ1n) is 15.5. The van der Waals surface area contributed by atoms with E-state index in [0.29, 0.717) is 25.3 Å². The number of nitrogens with one attached hydrogen (secondary N) is 1. The molecule has 2 aromatic carbocycles. The molecule has 5 atom stereocenters. The summed E-state index contributed by atoms with van der Waals surface area (Å²) in [4.78, 5) is 18.1. The molecule has 9 nitrogen and oxygen atoms in total. The molecular weight excluding hydrogens is 592 g/mol. The average Bonchev–Trinajstić information content (AvgIpc) is 3.65. The number of hydrogen-bond acceptors (Lipinski definition) is 9. The molecule has 2 aromatic heterocycles. The lowest BCUT2D eigenvalue weighted by atomic mass is 9.95. The highest BCUT2D eigenvalue weighted by Crippen LogP contribution is 2.45. The Morgan fingerprint density at radius 1 is 1.07 bits per heavy atom. The van der Waals surface area contributed by atoms with Crippen molar-refractivity contribution < 1.29 is 32.1 Å². The lowest BCUT2D eigenvalue weighted by Crippen LogP contribution is -2.60. The van der Waals surface area contributed by atoms with Crippen LogP contribution in [0.3, 0.4) is 0 Å². The van der Waals surface area contributed by atoms with Crippen molar-refractivity contribution in [1.29, 1.82) is 0 Å². The van der Waals surface area contributed by atoms with Crippen molar-refractivity contribution in [3.8, 4) is 28.9 Å². The number of ether oxygens (including phenoxy) is 2. The Bertz CT molecular complexity index is 1900. The highest BCUT2D eigenvalue weighted by atomic mass is 19.2. The second-order valence-electron chi connectivity index (χ2n) is 13.0. The summed E-state index contributed by atoms with van der Waals surface area (Å²) in [5, 5.41) is 14.3. The van der Waals surface area contributed by atoms with Crippen molar-refractivity contribution in [2.45, 2.75) is 61.9 Å². The first kappa shape index (κ1) is 27.3. The molecule has 0 saturated carbocycles. The van der Waals surface area contributed by atoms with Gasteiger partial charge in [0.15, 0.2) is 17.5 Å². The smallest absolute Gasteiger partial charge is 0.319 e. The van der Waals surface area contributed by atoms with Crippen LogP contribution in [0.15, 0.2) is 24.3 Å². The summed E-state index contributed by atoms with van der Waals surface area (Å²) in [6, 6.07) is 4.83. The lowest BCUT2D eigenvalue weighted by molar-refractivity contribution is 0.107. The molecule has 0 spiro atoms. The zero-order chi connectivity index (χ0) is 30.6. The number of aromatic nitrogens is 3. The highest BCUT2D eigenvalue weighted by molar-refractivity contribution is 6.02. The van der Waals surface area contributed by atoms with Crippen LogP contribution in [0.25, 0.3) is 32.9 Å². The normalized spacial score (nSPS) is 28.8. The van der Waals surface area contributed by atoms with Gasteiger partial charge in [-0.3, -0.25) is 4.90 Å². The number of phenols is 1. The fraction of sp³-hybridized carbons (Fsp3) is 0.469. The van der Waals surface area contributed by atoms with Crippen LogP contribution in [0.1, 0.15) is 32.1 Å². The summed E-state index contributed by atoms with van der Waals surface area (Å²) < 4.78 is 73.5. The number of aromatic hydroxyl groups is 1. The van der Waals surface area contributed by atoms with E-state index in [1.54, 1.807) is 0 Å². The van der Waals surface area contributed by atoms with E-state index in [-0.39, 0.29) is 81.9 Å². The van der Waals surface area contributed by atoms with E-state index >= 15 is 8.78 Å². The monoisotopic (exact) mass is 622 g/mol. The molecule has 4 aromatic rings. The number of fused-ring (bicyclic) bond motifs is 7. The van der Waals surface area contributed by atoms with E-state index in [9.17, 15) is 13.9 Å². The van der Waals surface area contributed by atoms with Gasteiger partial charge >= 0.3 is 6.01 Å². The van der Waals surface area contributed by atoms with Crippen LogP contribution in [0.5, 0.6) is 17.6 Å². The average molecular weight is 623 g/mol. The van der Waals surface area contributed by atoms with Crippen molar-refractivity contribution in [1.82, 2.24) is 25.2 Å². The molecule has 4 fully saturated rings. The number of benzene rings is 2. The predicted octanol–water partition coefficient (Wildman–Crippen LogP) is 4.62. The van der Waals surface area contributed by atoms with Crippen LogP contribution in [0.2, 0.25) is 0 Å². The first-order chi connectivity index (χ1) is 21.8. The van der Waals surface area contributed by atoms with Gasteiger partial charge in [-0.25, -0.2) is 22.5 Å². The Hall–Kier alpha value is -3.97. The van der Waals surface area contributed by atoms with Crippen molar-refractivity contribution in [3.05, 3.63) is 41.7 Å². The van der Waals surface area contributed by atoms with Gasteiger partial charge in [-0.15, -0.1) is 0 Å². The van der Waals surface area contributed by atoms with E-state index in [2.05, 4.69) is 25.1 Å². The third-order valence-electron chi connectivity index (χ3n) is 10.4. The number of nitrogens with zero attached hydrogens (tertiary/aromatic N) is 5. The molecule has 2 N–H and O–H groups in total. The van der Waals surface area contributed by atoms with Crippen LogP contribution in [-0.2, 0) is 0 Å². The molecule has 13 heteroatoms. The van der Waals surface area contributed by atoms with E-state index in [4.69, 9.17) is 14.5 Å². The number of anilines is 1. The molecule has 0 aliphatic carbocycles. The van der Waals surface area contributed by atoms with E-state index in [0.717, 1.165) is 44.4 Å². The molecule has 4 saturated heterocycles. The van der Waals surface area contributed by atoms with Crippen LogP contribution >= 0.6 is 0 Å². The van der Waals surface area contributed by atoms with E-state index in [1.807, 2.05) is 0 Å². The predicted molar refractivity (Wildman–Crippen MR) is 157 cm³/mol. The lowest BCUT2D eigenvalue weighted by Gasteiger charge is -2.40. The van der Waals surface area contributed by atoms with Gasteiger partial charge in [0.1, 0.15) is 47.5 Å². The van der Waals surface area contributed by atoms with Crippen LogP contribution in [0.4, 0.5) is 23.4 Å². The standard InChI is InChI=1S/C32H30F4N6O3/c33-16-10-32(6-1-7-41(32)11-16)14-45-31-39-28-24-29(40-31)42-12-17-3-5-21(37-17)22(42)13-44-30(24)38-27(26(28)36)19-9-18(43)8-15-2-4-20(34)25(35)23(15)19/h2,4,8-9,16-17,21-22,37,43H,1,3,5-7,10-14H2/t16-,17?,21-,22-,32+/m0/s1. The first-order valence-corrected chi connectivity index (χ1v) is 15.5. The fourth-order valence-corrected chi connectivity index (χ4v) is 8.38. The van der Waals surface area contributed by atoms with Gasteiger partial charge in [-0.1, -0.05) is 6.07 Å². The molecule has 5 aliphatic rings. The summed E-state index contributed by atoms with van der Waals surface area (Å²) >= 11 is 0. The maximum atomic E-state index is 16.8. The Morgan fingerprint density at radius 3 is 2.84 bits per heavy atom. The molecule has 5 aliphatic heterocycles. The van der Waals surface area contributed by atoms with Gasteiger partial charge < -0.3 is 24.8 Å². The number of phenolic OH excluding ortho intramolecular Hbond substituents is 1. The van der Waals surface area contributed by atoms with Gasteiger partial charge in [-0.2, -0.15) is 9.97 Å². The Morgan fingerprint density at radius 2 is 1.96 bits per heavy atom. The summed E-state index contributed by atoms with van der Waals surface area (Å²) in [5.41, 5.74) is -1.12. The molecule has 0 radical (unpaired) electrons. The van der Waals surface area contributed by atoms with Gasteiger partial charge in [-0.05, 0) is 55.8 Å². The van der Waals surface area contributed by atoms with E-state index in [1.165, 1.54) is 12.1 Å². The molecule has 0 amide bonds. The quantitative estimate of drug-likeness (QED) is 0.316. The second kappa shape index (κ2) is 9.76. The minimum absolute atomic E-state index is 0.0538. The molecule has 234 valence electrons. The summed E-state index contributed by atoms with van der Waals surface area (Å²) in [6.07, 6.45) is 3.06. The summed E-state index contributed by atoms with van der Waals surface area (Å²) in [5.74, 6) is -3.01. The summed E-state index contributed by atoms with van der Waals surface area (Å²) in [6.45, 7) is 2.14. The van der Waals surface area contributed by atoms with Crippen molar-refractivity contribution >= 4 is 27.5 Å². The zero-order valence-electron chi connectivity index (χ0n) is 24.2. The zero-order valence-corrected chi connectivity index (χ0v) is 24.2. The minimum Gasteiger partial charge on any atom is -0.508 e. The Labute approximate surface area is 255 Å². The van der Waals surface area contributed by atoms with Crippen molar-refractivity contribution in [2.24, 2.45) is 0 Å². The number of alkyl halides is 1. The third-order valence-corrected chi connectivity index (χ3v) is 10.4. The maximum absolute atomic E-state index is 16.8. The SMILES string of the molecule is Oc1cc(-c2nc3c4c(nc(OC[C@]56CCCN5C[C@@H](F)C6)nc4c2F)N2CC4CC[C@H](N4)[C@@H]2CO3)c2c(F)c(F)ccc2c1. The summed E-state index contributed by atoms with van der Waals surface area (Å²) in [7, 11) is 0. The molecule has 1 unspecified atom stereocenters.